The number of nitrogens with zero attached hydrogens (tertiary/aromatic N) is 4. The molecule has 6 nitrogen and oxygen atoms in total. The number of aliphatic hydroxyl groups is 1. The van der Waals surface area contributed by atoms with E-state index in [0.29, 0.717) is 21.6 Å². The molecule has 124 valence electrons. The molecule has 0 aliphatic heterocycles. The zero-order chi connectivity index (χ0) is 16.9. The van der Waals surface area contributed by atoms with Gasteiger partial charge in [-0.2, -0.15) is 4.80 Å². The predicted octanol–water partition coefficient (Wildman–Crippen LogP) is 3.09. The van der Waals surface area contributed by atoms with E-state index in [1.54, 1.807) is 18.2 Å². The summed E-state index contributed by atoms with van der Waals surface area (Å²) in [5, 5.41) is 23.1. The Morgan fingerprint density at radius 2 is 1.92 bits per heavy atom. The largest absolute Gasteiger partial charge is 0.489 e. The molecule has 0 aliphatic carbocycles. The maximum atomic E-state index is 10.1. The lowest BCUT2D eigenvalue weighted by Gasteiger charge is -2.12. The van der Waals surface area contributed by atoms with Crippen LogP contribution in [-0.4, -0.2) is 38.0 Å². The summed E-state index contributed by atoms with van der Waals surface area (Å²) in [5.74, 6) is 0.959. The van der Waals surface area contributed by atoms with Crippen LogP contribution in [0.2, 0.25) is 10.0 Å². The van der Waals surface area contributed by atoms with Gasteiger partial charge in [0.2, 0.25) is 5.82 Å². The van der Waals surface area contributed by atoms with Crippen LogP contribution >= 0.6 is 23.2 Å². The highest BCUT2D eigenvalue weighted by Crippen LogP contribution is 2.27. The molecule has 1 N–H and O–H groups in total. The van der Waals surface area contributed by atoms with E-state index in [-0.39, 0.29) is 13.2 Å². The fourth-order valence-electron chi connectivity index (χ4n) is 2.04. The first-order valence-corrected chi connectivity index (χ1v) is 7.96. The highest BCUT2D eigenvalue weighted by molar-refractivity contribution is 6.35. The van der Waals surface area contributed by atoms with E-state index in [0.717, 1.165) is 5.56 Å². The topological polar surface area (TPSA) is 73.1 Å². The van der Waals surface area contributed by atoms with Gasteiger partial charge in [0.15, 0.2) is 0 Å². The Morgan fingerprint density at radius 1 is 1.12 bits per heavy atom. The average molecular weight is 365 g/mol. The van der Waals surface area contributed by atoms with Crippen LogP contribution in [0.5, 0.6) is 5.75 Å². The maximum Gasteiger partial charge on any atom is 0.204 e. The molecule has 0 spiro atoms. The number of ether oxygens (including phenoxy) is 1. The molecule has 24 heavy (non-hydrogen) atoms. The number of hydrogen-bond donors (Lipinski definition) is 1. The van der Waals surface area contributed by atoms with Crippen molar-refractivity contribution in [1.82, 2.24) is 20.2 Å². The highest BCUT2D eigenvalue weighted by atomic mass is 35.5. The molecule has 0 fully saturated rings. The van der Waals surface area contributed by atoms with Crippen molar-refractivity contribution in [1.29, 1.82) is 0 Å². The predicted molar refractivity (Wildman–Crippen MR) is 91.2 cm³/mol. The first-order chi connectivity index (χ1) is 11.6. The van der Waals surface area contributed by atoms with Gasteiger partial charge >= 0.3 is 0 Å². The van der Waals surface area contributed by atoms with Crippen molar-refractivity contribution in [3.8, 4) is 17.1 Å². The molecule has 0 radical (unpaired) electrons. The van der Waals surface area contributed by atoms with Crippen LogP contribution in [0, 0.1) is 0 Å². The standard InChI is InChI=1S/C16H14Cl2N4O2/c17-12-6-7-15(14(18)8-12)24-10-13(23)9-22-20-16(19-21-22)11-4-2-1-3-5-11/h1-8,13,23H,9-10H2. The molecule has 0 saturated carbocycles. The van der Waals surface area contributed by atoms with E-state index >= 15 is 0 Å². The number of hydrogen-bond acceptors (Lipinski definition) is 5. The number of benzene rings is 2. The van der Waals surface area contributed by atoms with E-state index in [2.05, 4.69) is 15.4 Å². The average Bonchev–Trinajstić information content (AvgIpc) is 3.03. The van der Waals surface area contributed by atoms with Gasteiger partial charge in [0.25, 0.3) is 0 Å². The fraction of sp³-hybridized carbons (Fsp3) is 0.188. The second kappa shape index (κ2) is 7.61. The van der Waals surface area contributed by atoms with E-state index in [1.165, 1.54) is 4.80 Å². The minimum atomic E-state index is -0.811. The molecule has 1 aromatic heterocycles. The van der Waals surface area contributed by atoms with Crippen LogP contribution in [0.4, 0.5) is 0 Å². The van der Waals surface area contributed by atoms with Gasteiger partial charge in [-0.1, -0.05) is 53.5 Å². The van der Waals surface area contributed by atoms with E-state index < -0.39 is 6.10 Å². The number of aromatic nitrogens is 4. The zero-order valence-corrected chi connectivity index (χ0v) is 14.0. The van der Waals surface area contributed by atoms with E-state index in [9.17, 15) is 5.11 Å². The van der Waals surface area contributed by atoms with Crippen LogP contribution < -0.4 is 4.74 Å². The monoisotopic (exact) mass is 364 g/mol. The molecule has 8 heteroatoms. The van der Waals surface area contributed by atoms with Crippen molar-refractivity contribution < 1.29 is 9.84 Å². The molecular formula is C16H14Cl2N4O2. The van der Waals surface area contributed by atoms with Gasteiger partial charge in [0, 0.05) is 10.6 Å². The lowest BCUT2D eigenvalue weighted by molar-refractivity contribution is 0.0850. The minimum Gasteiger partial charge on any atom is -0.489 e. The van der Waals surface area contributed by atoms with Crippen LogP contribution in [0.25, 0.3) is 11.4 Å². The third kappa shape index (κ3) is 4.23. The molecule has 0 amide bonds. The lowest BCUT2D eigenvalue weighted by atomic mass is 10.2. The van der Waals surface area contributed by atoms with Crippen molar-refractivity contribution in [3.63, 3.8) is 0 Å². The Hall–Kier alpha value is -2.15. The Bertz CT molecular complexity index is 811. The second-order valence-electron chi connectivity index (χ2n) is 5.07. The van der Waals surface area contributed by atoms with E-state index in [1.807, 2.05) is 30.3 Å². The van der Waals surface area contributed by atoms with Crippen molar-refractivity contribution in [2.45, 2.75) is 12.6 Å². The van der Waals surface area contributed by atoms with Crippen LogP contribution in [0.1, 0.15) is 0 Å². The first kappa shape index (κ1) is 16.7. The number of halogens is 2. The van der Waals surface area contributed by atoms with Crippen LogP contribution in [0.3, 0.4) is 0 Å². The Balaban J connectivity index is 1.57. The Kier molecular flexibility index (Phi) is 5.30. The van der Waals surface area contributed by atoms with E-state index in [4.69, 9.17) is 27.9 Å². The van der Waals surface area contributed by atoms with Crippen molar-refractivity contribution in [3.05, 3.63) is 58.6 Å². The SMILES string of the molecule is OC(COc1ccc(Cl)cc1Cl)Cn1nnc(-c2ccccc2)n1. The van der Waals surface area contributed by atoms with Gasteiger partial charge in [-0.3, -0.25) is 0 Å². The third-order valence-corrected chi connectivity index (χ3v) is 3.71. The molecule has 0 saturated heterocycles. The van der Waals surface area contributed by atoms with Gasteiger partial charge in [0.05, 0.1) is 11.6 Å². The van der Waals surface area contributed by atoms with Gasteiger partial charge in [-0.15, -0.1) is 10.2 Å². The summed E-state index contributed by atoms with van der Waals surface area (Å²) in [5.41, 5.74) is 0.863. The number of rotatable bonds is 6. The summed E-state index contributed by atoms with van der Waals surface area (Å²) >= 11 is 11.8. The third-order valence-electron chi connectivity index (χ3n) is 3.18. The molecule has 2 aromatic carbocycles. The number of aliphatic hydroxyl groups excluding tert-OH is 1. The Morgan fingerprint density at radius 3 is 2.67 bits per heavy atom. The van der Waals surface area contributed by atoms with Crippen molar-refractivity contribution >= 4 is 23.2 Å². The van der Waals surface area contributed by atoms with Crippen molar-refractivity contribution in [2.75, 3.05) is 6.61 Å². The van der Waals surface area contributed by atoms with Gasteiger partial charge in [0.1, 0.15) is 18.5 Å². The molecule has 3 rings (SSSR count). The summed E-state index contributed by atoms with van der Waals surface area (Å²) in [4.78, 5) is 1.33. The normalized spacial score (nSPS) is 12.1. The molecule has 1 atom stereocenters. The lowest BCUT2D eigenvalue weighted by Crippen LogP contribution is -2.25. The number of tetrazole rings is 1. The molecular weight excluding hydrogens is 351 g/mol. The van der Waals surface area contributed by atoms with Crippen molar-refractivity contribution in [2.24, 2.45) is 0 Å². The molecule has 0 aliphatic rings. The maximum absolute atomic E-state index is 10.1. The Labute approximate surface area is 148 Å². The van der Waals surface area contributed by atoms with Gasteiger partial charge in [-0.25, -0.2) is 0 Å². The molecule has 1 unspecified atom stereocenters. The van der Waals surface area contributed by atoms with Gasteiger partial charge < -0.3 is 9.84 Å². The van der Waals surface area contributed by atoms with Gasteiger partial charge in [-0.05, 0) is 23.4 Å². The fourth-order valence-corrected chi connectivity index (χ4v) is 2.51. The highest BCUT2D eigenvalue weighted by Gasteiger charge is 2.12. The zero-order valence-electron chi connectivity index (χ0n) is 12.5. The summed E-state index contributed by atoms with van der Waals surface area (Å²) in [6.45, 7) is 0.203. The minimum absolute atomic E-state index is 0.0452. The molecule has 3 aromatic rings. The first-order valence-electron chi connectivity index (χ1n) is 7.21. The molecule has 1 heterocycles. The summed E-state index contributed by atoms with van der Waals surface area (Å²) in [6, 6.07) is 14.4. The summed E-state index contributed by atoms with van der Waals surface area (Å²) < 4.78 is 5.49. The molecule has 0 bridgehead atoms. The van der Waals surface area contributed by atoms with Crippen LogP contribution in [0.15, 0.2) is 48.5 Å². The smallest absolute Gasteiger partial charge is 0.204 e. The summed E-state index contributed by atoms with van der Waals surface area (Å²) in [7, 11) is 0. The second-order valence-corrected chi connectivity index (χ2v) is 5.92. The summed E-state index contributed by atoms with van der Waals surface area (Å²) in [6.07, 6.45) is -0.811. The quantitative estimate of drug-likeness (QED) is 0.727. The van der Waals surface area contributed by atoms with Crippen LogP contribution in [-0.2, 0) is 6.54 Å².